The van der Waals surface area contributed by atoms with Crippen LogP contribution < -0.4 is 5.32 Å². The molecule has 0 fully saturated rings. The van der Waals surface area contributed by atoms with Gasteiger partial charge in [0.2, 0.25) is 5.91 Å². The van der Waals surface area contributed by atoms with Crippen LogP contribution in [0.3, 0.4) is 0 Å². The molecule has 3 heterocycles. The molecule has 0 unspecified atom stereocenters. The Balaban J connectivity index is 1.26. The Bertz CT molecular complexity index is 1410. The summed E-state index contributed by atoms with van der Waals surface area (Å²) >= 11 is 0. The molecule has 0 saturated carbocycles. The summed E-state index contributed by atoms with van der Waals surface area (Å²) in [6.07, 6.45) is 14.2. The van der Waals surface area contributed by atoms with E-state index in [-0.39, 0.29) is 5.91 Å². The second-order valence-electron chi connectivity index (χ2n) is 8.06. The fourth-order valence-electron chi connectivity index (χ4n) is 3.72. The topological polar surface area (TPSA) is 77.6 Å². The maximum Gasteiger partial charge on any atom is 0.244 e. The number of carbonyl (C=O) groups is 1. The van der Waals surface area contributed by atoms with Crippen LogP contribution >= 0.6 is 0 Å². The predicted octanol–water partition coefficient (Wildman–Crippen LogP) is 4.51. The van der Waals surface area contributed by atoms with Gasteiger partial charge in [0.25, 0.3) is 0 Å². The lowest BCUT2D eigenvalue weighted by atomic mass is 10.1. The summed E-state index contributed by atoms with van der Waals surface area (Å²) in [5.74, 6) is -0.169. The van der Waals surface area contributed by atoms with Crippen LogP contribution in [0.4, 0.5) is 0 Å². The van der Waals surface area contributed by atoms with Crippen LogP contribution in [0.1, 0.15) is 16.7 Å². The zero-order valence-corrected chi connectivity index (χ0v) is 19.0. The number of pyridine rings is 1. The van der Waals surface area contributed by atoms with Crippen molar-refractivity contribution < 1.29 is 4.79 Å². The van der Waals surface area contributed by atoms with Gasteiger partial charge in [-0.2, -0.15) is 5.10 Å². The Kier molecular flexibility index (Phi) is 6.57. The third-order valence-corrected chi connectivity index (χ3v) is 5.53. The van der Waals surface area contributed by atoms with Crippen LogP contribution in [-0.2, 0) is 17.9 Å². The van der Waals surface area contributed by atoms with Crippen molar-refractivity contribution in [3.63, 3.8) is 0 Å². The molecule has 1 amide bonds. The van der Waals surface area contributed by atoms with E-state index in [1.807, 2.05) is 76.2 Å². The Hall–Kier alpha value is -4.78. The van der Waals surface area contributed by atoms with Gasteiger partial charge in [0.15, 0.2) is 0 Å². The molecular formula is C28H24N6O. The molecule has 5 rings (SSSR count). The number of rotatable bonds is 8. The van der Waals surface area contributed by atoms with Gasteiger partial charge in [-0.3, -0.25) is 9.78 Å². The zero-order chi connectivity index (χ0) is 23.9. The lowest BCUT2D eigenvalue weighted by Crippen LogP contribution is -2.20. The zero-order valence-electron chi connectivity index (χ0n) is 19.0. The third-order valence-electron chi connectivity index (χ3n) is 5.53. The number of hydrogen-bond acceptors (Lipinski definition) is 4. The molecule has 0 bridgehead atoms. The first-order chi connectivity index (χ1) is 17.2. The summed E-state index contributed by atoms with van der Waals surface area (Å²) in [6, 6.07) is 21.9. The van der Waals surface area contributed by atoms with Gasteiger partial charge in [0.05, 0.1) is 12.0 Å². The van der Waals surface area contributed by atoms with Gasteiger partial charge in [-0.25, -0.2) is 9.67 Å². The van der Waals surface area contributed by atoms with Crippen molar-refractivity contribution in [3.8, 4) is 16.9 Å². The van der Waals surface area contributed by atoms with Crippen molar-refractivity contribution in [2.24, 2.45) is 0 Å². The minimum absolute atomic E-state index is 0.169. The van der Waals surface area contributed by atoms with Gasteiger partial charge < -0.3 is 9.88 Å². The van der Waals surface area contributed by atoms with Crippen LogP contribution in [-0.4, -0.2) is 30.2 Å². The molecule has 172 valence electrons. The molecular weight excluding hydrogens is 436 g/mol. The van der Waals surface area contributed by atoms with Gasteiger partial charge in [-0.1, -0.05) is 42.5 Å². The van der Waals surface area contributed by atoms with Crippen molar-refractivity contribution in [3.05, 3.63) is 127 Å². The number of nitrogens with one attached hydrogen (secondary N) is 1. The van der Waals surface area contributed by atoms with Crippen LogP contribution in [0, 0.1) is 0 Å². The number of hydrogen-bond donors (Lipinski definition) is 1. The summed E-state index contributed by atoms with van der Waals surface area (Å²) in [7, 11) is 0. The number of amides is 1. The van der Waals surface area contributed by atoms with E-state index in [4.69, 9.17) is 5.10 Å². The van der Waals surface area contributed by atoms with Crippen molar-refractivity contribution in [1.82, 2.24) is 29.6 Å². The van der Waals surface area contributed by atoms with E-state index in [1.165, 1.54) is 5.56 Å². The normalized spacial score (nSPS) is 11.1. The van der Waals surface area contributed by atoms with Crippen LogP contribution in [0.25, 0.3) is 23.0 Å². The SMILES string of the molecule is O=C(/C=C/c1cn(-c2ccccc2)nc1-c1cccnc1)NCc1ccc(Cn2ccnc2)cc1. The molecule has 0 saturated heterocycles. The van der Waals surface area contributed by atoms with E-state index in [1.54, 1.807) is 37.1 Å². The molecule has 35 heavy (non-hydrogen) atoms. The predicted molar refractivity (Wildman–Crippen MR) is 135 cm³/mol. The molecule has 0 spiro atoms. The summed E-state index contributed by atoms with van der Waals surface area (Å²) < 4.78 is 3.83. The second-order valence-corrected chi connectivity index (χ2v) is 8.06. The molecule has 0 atom stereocenters. The minimum Gasteiger partial charge on any atom is -0.348 e. The minimum atomic E-state index is -0.169. The highest BCUT2D eigenvalue weighted by Crippen LogP contribution is 2.24. The summed E-state index contributed by atoms with van der Waals surface area (Å²) in [4.78, 5) is 20.8. The average Bonchev–Trinajstić information content (AvgIpc) is 3.58. The monoisotopic (exact) mass is 460 g/mol. The van der Waals surface area contributed by atoms with E-state index in [2.05, 4.69) is 27.4 Å². The molecule has 0 radical (unpaired) electrons. The van der Waals surface area contributed by atoms with Gasteiger partial charge in [-0.05, 0) is 41.5 Å². The Labute approximate surface area is 203 Å². The maximum absolute atomic E-state index is 12.5. The van der Waals surface area contributed by atoms with E-state index >= 15 is 0 Å². The molecule has 3 aromatic heterocycles. The standard InChI is InChI=1S/C28H24N6O/c35-27(31-17-22-8-10-23(11-9-22)19-33-16-15-30-21-33)13-12-25-20-34(26-6-2-1-3-7-26)32-28(25)24-5-4-14-29-18-24/h1-16,18,20-21H,17,19H2,(H,31,35)/b13-12+. The first-order valence-electron chi connectivity index (χ1n) is 11.3. The second kappa shape index (κ2) is 10.4. The van der Waals surface area contributed by atoms with E-state index in [9.17, 15) is 4.79 Å². The smallest absolute Gasteiger partial charge is 0.244 e. The fourth-order valence-corrected chi connectivity index (χ4v) is 3.72. The van der Waals surface area contributed by atoms with Crippen molar-refractivity contribution >= 4 is 12.0 Å². The number of nitrogens with zero attached hydrogens (tertiary/aromatic N) is 5. The largest absolute Gasteiger partial charge is 0.348 e. The third kappa shape index (κ3) is 5.59. The highest BCUT2D eigenvalue weighted by atomic mass is 16.1. The Morgan fingerprint density at radius 3 is 2.49 bits per heavy atom. The van der Waals surface area contributed by atoms with Crippen LogP contribution in [0.2, 0.25) is 0 Å². The van der Waals surface area contributed by atoms with Gasteiger partial charge >= 0.3 is 0 Å². The van der Waals surface area contributed by atoms with Crippen LogP contribution in [0.5, 0.6) is 0 Å². The Morgan fingerprint density at radius 2 is 1.74 bits per heavy atom. The van der Waals surface area contributed by atoms with Gasteiger partial charge in [0.1, 0.15) is 5.69 Å². The number of para-hydroxylation sites is 1. The quantitative estimate of drug-likeness (QED) is 0.346. The van der Waals surface area contributed by atoms with E-state index in [0.29, 0.717) is 6.54 Å². The van der Waals surface area contributed by atoms with Crippen LogP contribution in [0.15, 0.2) is 110 Å². The number of imidazole rings is 1. The molecule has 7 nitrogen and oxygen atoms in total. The molecule has 0 aliphatic rings. The first-order valence-corrected chi connectivity index (χ1v) is 11.3. The highest BCUT2D eigenvalue weighted by molar-refractivity contribution is 5.92. The van der Waals surface area contributed by atoms with Crippen molar-refractivity contribution in [1.29, 1.82) is 0 Å². The summed E-state index contributed by atoms with van der Waals surface area (Å²) in [5.41, 5.74) is 5.64. The first kappa shape index (κ1) is 22.0. The molecule has 7 heteroatoms. The highest BCUT2D eigenvalue weighted by Gasteiger charge is 2.11. The lowest BCUT2D eigenvalue weighted by Gasteiger charge is -2.06. The van der Waals surface area contributed by atoms with E-state index in [0.717, 1.165) is 34.6 Å². The molecule has 0 aliphatic carbocycles. The number of aromatic nitrogens is 5. The van der Waals surface area contributed by atoms with Gasteiger partial charge in [-0.15, -0.1) is 0 Å². The summed E-state index contributed by atoms with van der Waals surface area (Å²) in [6.45, 7) is 1.22. The molecule has 1 N–H and O–H groups in total. The number of carbonyl (C=O) groups excluding carboxylic acids is 1. The fraction of sp³-hybridized carbons (Fsp3) is 0.0714. The lowest BCUT2D eigenvalue weighted by molar-refractivity contribution is -0.116. The average molecular weight is 461 g/mol. The van der Waals surface area contributed by atoms with Gasteiger partial charge in [0, 0.05) is 61.3 Å². The molecule has 0 aliphatic heterocycles. The Morgan fingerprint density at radius 1 is 0.914 bits per heavy atom. The number of benzene rings is 2. The molecule has 2 aromatic carbocycles. The van der Waals surface area contributed by atoms with E-state index < -0.39 is 0 Å². The van der Waals surface area contributed by atoms with Crippen molar-refractivity contribution in [2.75, 3.05) is 0 Å². The maximum atomic E-state index is 12.5. The van der Waals surface area contributed by atoms with Crippen molar-refractivity contribution in [2.45, 2.75) is 13.1 Å². The molecule has 5 aromatic rings. The summed E-state index contributed by atoms with van der Waals surface area (Å²) in [5, 5.41) is 7.70.